The van der Waals surface area contributed by atoms with Gasteiger partial charge in [0.1, 0.15) is 0 Å². The van der Waals surface area contributed by atoms with Gasteiger partial charge in [-0.1, -0.05) is 30.3 Å². The van der Waals surface area contributed by atoms with E-state index in [0.717, 1.165) is 19.4 Å². The Morgan fingerprint density at radius 1 is 0.970 bits per heavy atom. The van der Waals surface area contributed by atoms with Crippen LogP contribution in [0.2, 0.25) is 0 Å². The molecule has 1 aliphatic carbocycles. The van der Waals surface area contributed by atoms with Gasteiger partial charge in [-0.25, -0.2) is 8.42 Å². The van der Waals surface area contributed by atoms with E-state index in [2.05, 4.69) is 17.0 Å². The largest absolute Gasteiger partial charge is 0.493 e. The van der Waals surface area contributed by atoms with E-state index in [4.69, 9.17) is 9.47 Å². The lowest BCUT2D eigenvalue weighted by Gasteiger charge is -2.35. The summed E-state index contributed by atoms with van der Waals surface area (Å²) in [6.45, 7) is 2.42. The first-order valence-electron chi connectivity index (χ1n) is 11.2. The second kappa shape index (κ2) is 10.1. The Bertz CT molecular complexity index is 1060. The van der Waals surface area contributed by atoms with E-state index in [1.54, 1.807) is 11.0 Å². The zero-order valence-corrected chi connectivity index (χ0v) is 20.0. The number of piperazine rings is 1. The first kappa shape index (κ1) is 23.5. The maximum atomic E-state index is 13.1. The average molecular weight is 474 g/mol. The van der Waals surface area contributed by atoms with Crippen LogP contribution < -0.4 is 9.47 Å². The maximum absolute atomic E-state index is 13.1. The summed E-state index contributed by atoms with van der Waals surface area (Å²) in [6.07, 6.45) is 2.24. The molecule has 0 N–H and O–H groups in total. The van der Waals surface area contributed by atoms with Crippen LogP contribution in [0.1, 0.15) is 18.4 Å². The van der Waals surface area contributed by atoms with Gasteiger partial charge < -0.3 is 14.4 Å². The first-order chi connectivity index (χ1) is 15.9. The number of benzene rings is 2. The van der Waals surface area contributed by atoms with Crippen LogP contribution >= 0.6 is 0 Å². The lowest BCUT2D eigenvalue weighted by molar-refractivity contribution is -0.133. The van der Waals surface area contributed by atoms with Crippen LogP contribution in [-0.4, -0.2) is 81.4 Å². The quantitative estimate of drug-likeness (QED) is 0.556. The van der Waals surface area contributed by atoms with Gasteiger partial charge in [-0.05, 0) is 30.5 Å². The third-order valence-electron chi connectivity index (χ3n) is 6.21. The topological polar surface area (TPSA) is 79.4 Å². The van der Waals surface area contributed by atoms with Crippen molar-refractivity contribution < 1.29 is 22.7 Å². The number of sulfonamides is 1. The normalized spacial score (nSPS) is 17.2. The Morgan fingerprint density at radius 3 is 2.24 bits per heavy atom. The smallest absolute Gasteiger partial charge is 0.243 e. The molecule has 2 aromatic carbocycles. The lowest BCUT2D eigenvalue weighted by Crippen LogP contribution is -2.52. The molecule has 2 aromatic rings. The summed E-state index contributed by atoms with van der Waals surface area (Å²) in [5.74, 6) is 0.898. The Labute approximate surface area is 195 Å². The molecular weight excluding hydrogens is 442 g/mol. The molecule has 1 aliphatic heterocycles. The van der Waals surface area contributed by atoms with Crippen molar-refractivity contribution >= 4 is 15.9 Å². The second-order valence-corrected chi connectivity index (χ2v) is 10.4. The molecule has 2 fully saturated rings. The Kier molecular flexibility index (Phi) is 7.21. The number of hydrogen-bond donors (Lipinski definition) is 0. The lowest BCUT2D eigenvalue weighted by atomic mass is 10.2. The van der Waals surface area contributed by atoms with Crippen LogP contribution in [0.5, 0.6) is 11.5 Å². The third-order valence-corrected chi connectivity index (χ3v) is 8.11. The number of nitrogens with zero attached hydrogens (tertiary/aromatic N) is 3. The molecule has 1 heterocycles. The molecule has 1 saturated heterocycles. The summed E-state index contributed by atoms with van der Waals surface area (Å²) in [5.41, 5.74) is 1.20. The van der Waals surface area contributed by atoms with Crippen molar-refractivity contribution in [2.24, 2.45) is 0 Å². The minimum Gasteiger partial charge on any atom is -0.493 e. The van der Waals surface area contributed by atoms with Gasteiger partial charge in [0, 0.05) is 44.8 Å². The zero-order chi connectivity index (χ0) is 23.4. The molecule has 0 atom stereocenters. The molecule has 0 spiro atoms. The summed E-state index contributed by atoms with van der Waals surface area (Å²) in [4.78, 5) is 17.2. The van der Waals surface area contributed by atoms with Crippen molar-refractivity contribution in [3.05, 3.63) is 54.1 Å². The summed E-state index contributed by atoms with van der Waals surface area (Å²) in [5, 5.41) is 0. The second-order valence-electron chi connectivity index (χ2n) is 8.42. The number of methoxy groups -OCH3 is 2. The van der Waals surface area contributed by atoms with Crippen LogP contribution in [0.15, 0.2) is 53.4 Å². The zero-order valence-electron chi connectivity index (χ0n) is 19.1. The molecule has 8 nitrogen and oxygen atoms in total. The predicted octanol–water partition coefficient (Wildman–Crippen LogP) is 2.20. The highest BCUT2D eigenvalue weighted by Crippen LogP contribution is 2.31. The molecule has 9 heteroatoms. The van der Waals surface area contributed by atoms with Gasteiger partial charge in [-0.3, -0.25) is 9.69 Å². The molecule has 0 unspecified atom stereocenters. The van der Waals surface area contributed by atoms with Gasteiger partial charge in [-0.15, -0.1) is 0 Å². The van der Waals surface area contributed by atoms with E-state index in [0.29, 0.717) is 37.2 Å². The maximum Gasteiger partial charge on any atom is 0.243 e. The van der Waals surface area contributed by atoms with Gasteiger partial charge in [0.05, 0.1) is 25.7 Å². The summed E-state index contributed by atoms with van der Waals surface area (Å²) in [6, 6.07) is 15.2. The van der Waals surface area contributed by atoms with E-state index in [9.17, 15) is 13.2 Å². The fourth-order valence-corrected chi connectivity index (χ4v) is 5.59. The van der Waals surface area contributed by atoms with Crippen LogP contribution in [0.3, 0.4) is 0 Å². The third kappa shape index (κ3) is 5.48. The number of ether oxygens (including phenoxy) is 2. The van der Waals surface area contributed by atoms with Gasteiger partial charge in [-0.2, -0.15) is 4.31 Å². The van der Waals surface area contributed by atoms with Crippen molar-refractivity contribution in [3.63, 3.8) is 0 Å². The van der Waals surface area contributed by atoms with Crippen molar-refractivity contribution in [1.29, 1.82) is 0 Å². The van der Waals surface area contributed by atoms with Crippen LogP contribution in [0.4, 0.5) is 0 Å². The molecule has 0 bridgehead atoms. The van der Waals surface area contributed by atoms with E-state index in [-0.39, 0.29) is 23.9 Å². The van der Waals surface area contributed by atoms with E-state index < -0.39 is 10.0 Å². The molecule has 1 amide bonds. The van der Waals surface area contributed by atoms with Crippen molar-refractivity contribution in [2.45, 2.75) is 30.3 Å². The number of hydrogen-bond acceptors (Lipinski definition) is 6. The standard InChI is InChI=1S/C24H31N3O5S/c1-31-22-11-10-21(16-23(22)32-2)33(29,30)27-14-12-25(13-15-27)24(28)18-26(20-8-9-20)17-19-6-4-3-5-7-19/h3-7,10-11,16,20H,8-9,12-15,17-18H2,1-2H3. The summed E-state index contributed by atoms with van der Waals surface area (Å²) < 4.78 is 38.1. The molecule has 4 rings (SSSR count). The molecule has 0 aromatic heterocycles. The van der Waals surface area contributed by atoms with Gasteiger partial charge in [0.15, 0.2) is 11.5 Å². The summed E-state index contributed by atoms with van der Waals surface area (Å²) >= 11 is 0. The first-order valence-corrected chi connectivity index (χ1v) is 12.6. The molecule has 1 saturated carbocycles. The van der Waals surface area contributed by atoms with Crippen molar-refractivity contribution in [2.75, 3.05) is 46.9 Å². The number of carbonyl (C=O) groups is 1. The molecule has 0 radical (unpaired) electrons. The van der Waals surface area contributed by atoms with Crippen LogP contribution in [0, 0.1) is 0 Å². The molecule has 33 heavy (non-hydrogen) atoms. The predicted molar refractivity (Wildman–Crippen MR) is 125 cm³/mol. The average Bonchev–Trinajstić information content (AvgIpc) is 3.69. The Morgan fingerprint density at radius 2 is 1.64 bits per heavy atom. The fraction of sp³-hybridized carbons (Fsp3) is 0.458. The van der Waals surface area contributed by atoms with Crippen LogP contribution in [-0.2, 0) is 21.4 Å². The van der Waals surface area contributed by atoms with Crippen molar-refractivity contribution in [3.8, 4) is 11.5 Å². The number of amides is 1. The monoisotopic (exact) mass is 473 g/mol. The van der Waals surface area contributed by atoms with E-state index in [1.807, 2.05) is 18.2 Å². The van der Waals surface area contributed by atoms with Crippen molar-refractivity contribution in [1.82, 2.24) is 14.1 Å². The number of rotatable bonds is 9. The fourth-order valence-electron chi connectivity index (χ4n) is 4.15. The Hall–Kier alpha value is -2.62. The molecule has 2 aliphatic rings. The summed E-state index contributed by atoms with van der Waals surface area (Å²) in [7, 11) is -0.707. The van der Waals surface area contributed by atoms with Gasteiger partial charge in [0.25, 0.3) is 0 Å². The molecular formula is C24H31N3O5S. The Balaban J connectivity index is 1.36. The highest BCUT2D eigenvalue weighted by atomic mass is 32.2. The minimum atomic E-state index is -3.69. The van der Waals surface area contributed by atoms with Crippen LogP contribution in [0.25, 0.3) is 0 Å². The highest BCUT2D eigenvalue weighted by molar-refractivity contribution is 7.89. The molecule has 178 valence electrons. The minimum absolute atomic E-state index is 0.0565. The van der Waals surface area contributed by atoms with E-state index in [1.165, 1.54) is 36.2 Å². The van der Waals surface area contributed by atoms with E-state index >= 15 is 0 Å². The van der Waals surface area contributed by atoms with Gasteiger partial charge >= 0.3 is 0 Å². The van der Waals surface area contributed by atoms with Gasteiger partial charge in [0.2, 0.25) is 15.9 Å². The SMILES string of the molecule is COc1ccc(S(=O)(=O)N2CCN(C(=O)CN(Cc3ccccc3)C3CC3)CC2)cc1OC. The highest BCUT2D eigenvalue weighted by Gasteiger charge is 2.34. The number of carbonyl (C=O) groups excluding carboxylic acids is 1.